The minimum Gasteiger partial charge on any atom is -0.445 e. The van der Waals surface area contributed by atoms with E-state index < -0.39 is 0 Å². The Morgan fingerprint density at radius 2 is 1.89 bits per heavy atom. The number of nitrogens with one attached hydrogen (secondary N) is 1. The summed E-state index contributed by atoms with van der Waals surface area (Å²) in [7, 11) is 0. The van der Waals surface area contributed by atoms with Gasteiger partial charge in [-0.25, -0.2) is 10.2 Å². The van der Waals surface area contributed by atoms with Gasteiger partial charge in [0.2, 0.25) is 0 Å². The van der Waals surface area contributed by atoms with Crippen LogP contribution in [0.1, 0.15) is 45.6 Å². The van der Waals surface area contributed by atoms with E-state index in [1.807, 2.05) is 35.2 Å². The summed E-state index contributed by atoms with van der Waals surface area (Å²) in [4.78, 5) is 14.3. The van der Waals surface area contributed by atoms with Crippen LogP contribution in [0.25, 0.3) is 0 Å². The maximum atomic E-state index is 12.4. The number of hydrogen-bond acceptors (Lipinski definition) is 4. The molecule has 3 aliphatic rings. The van der Waals surface area contributed by atoms with E-state index in [9.17, 15) is 4.79 Å². The highest BCUT2D eigenvalue weighted by atomic mass is 16.6. The second kappa shape index (κ2) is 7.28. The van der Waals surface area contributed by atoms with Gasteiger partial charge in [-0.15, -0.1) is 0 Å². The van der Waals surface area contributed by atoms with E-state index in [0.717, 1.165) is 44.5 Å². The number of carbonyl (C=O) groups is 1. The van der Waals surface area contributed by atoms with E-state index in [-0.39, 0.29) is 17.0 Å². The Labute approximate surface area is 168 Å². The largest absolute Gasteiger partial charge is 0.445 e. The average Bonchev–Trinajstić information content (AvgIpc) is 3.11. The molecule has 0 atom stereocenters. The van der Waals surface area contributed by atoms with Gasteiger partial charge in [0.05, 0.1) is 5.70 Å². The number of carbonyl (C=O) groups excluding carboxylic acids is 1. The third-order valence-electron chi connectivity index (χ3n) is 6.11. The van der Waals surface area contributed by atoms with Crippen molar-refractivity contribution in [1.29, 1.82) is 0 Å². The lowest BCUT2D eigenvalue weighted by Gasteiger charge is -2.42. The highest BCUT2D eigenvalue weighted by Gasteiger charge is 2.40. The Kier molecular flexibility index (Phi) is 4.96. The number of benzene rings is 1. The summed E-state index contributed by atoms with van der Waals surface area (Å²) in [5.41, 5.74) is 7.65. The first-order valence-electron chi connectivity index (χ1n) is 10.3. The van der Waals surface area contributed by atoms with Crippen molar-refractivity contribution in [3.05, 3.63) is 59.3 Å². The van der Waals surface area contributed by atoms with Crippen LogP contribution in [0.4, 0.5) is 4.79 Å². The summed E-state index contributed by atoms with van der Waals surface area (Å²) in [5, 5.41) is 2.29. The molecular formula is C23H31N3O2. The summed E-state index contributed by atoms with van der Waals surface area (Å²) in [5.74, 6) is 0. The van der Waals surface area contributed by atoms with Gasteiger partial charge in [-0.05, 0) is 62.7 Å². The zero-order valence-corrected chi connectivity index (χ0v) is 17.2. The van der Waals surface area contributed by atoms with Crippen LogP contribution in [0.5, 0.6) is 0 Å². The van der Waals surface area contributed by atoms with Crippen molar-refractivity contribution in [3.8, 4) is 0 Å². The Morgan fingerprint density at radius 3 is 2.57 bits per heavy atom. The maximum absolute atomic E-state index is 12.4. The second-order valence-electron chi connectivity index (χ2n) is 9.23. The van der Waals surface area contributed by atoms with Crippen LogP contribution in [0.15, 0.2) is 53.8 Å². The van der Waals surface area contributed by atoms with Crippen molar-refractivity contribution in [3.63, 3.8) is 0 Å². The Hall–Kier alpha value is -2.27. The van der Waals surface area contributed by atoms with Crippen LogP contribution >= 0.6 is 0 Å². The van der Waals surface area contributed by atoms with Crippen LogP contribution in [0.2, 0.25) is 0 Å². The lowest BCUT2D eigenvalue weighted by molar-refractivity contribution is 0.0719. The fourth-order valence-corrected chi connectivity index (χ4v) is 4.48. The number of amides is 1. The van der Waals surface area contributed by atoms with Gasteiger partial charge in [0.25, 0.3) is 0 Å². The van der Waals surface area contributed by atoms with Crippen LogP contribution < -0.4 is 5.43 Å². The summed E-state index contributed by atoms with van der Waals surface area (Å²) >= 11 is 0. The van der Waals surface area contributed by atoms with E-state index in [0.29, 0.717) is 6.61 Å². The lowest BCUT2D eigenvalue weighted by atomic mass is 9.71. The van der Waals surface area contributed by atoms with Crippen molar-refractivity contribution in [2.75, 3.05) is 19.6 Å². The number of hydrogen-bond donors (Lipinski definition) is 1. The first kappa shape index (κ1) is 19.1. The third kappa shape index (κ3) is 3.81. The number of nitrogens with zero attached hydrogens (tertiary/aromatic N) is 2. The highest BCUT2D eigenvalue weighted by Crippen LogP contribution is 2.45. The fraction of sp³-hybridized carbons (Fsp3) is 0.522. The van der Waals surface area contributed by atoms with E-state index in [1.54, 1.807) is 0 Å². The van der Waals surface area contributed by atoms with Gasteiger partial charge in [0, 0.05) is 25.2 Å². The van der Waals surface area contributed by atoms with E-state index >= 15 is 0 Å². The summed E-state index contributed by atoms with van der Waals surface area (Å²) in [6.45, 7) is 9.48. The fourth-order valence-electron chi connectivity index (χ4n) is 4.48. The van der Waals surface area contributed by atoms with Gasteiger partial charge in [-0.2, -0.15) is 0 Å². The molecule has 0 radical (unpaired) electrons. The van der Waals surface area contributed by atoms with Crippen molar-refractivity contribution >= 4 is 6.09 Å². The summed E-state index contributed by atoms with van der Waals surface area (Å²) < 4.78 is 5.51. The SMILES string of the molecule is CC(C)(C)N1NCC2=C1C=CC1(CCN(C(=O)OCc3ccccc3)CC1)C2. The van der Waals surface area contributed by atoms with Crippen molar-refractivity contribution in [1.82, 2.24) is 15.3 Å². The van der Waals surface area contributed by atoms with Gasteiger partial charge in [-0.3, -0.25) is 0 Å². The molecule has 150 valence electrons. The van der Waals surface area contributed by atoms with Crippen molar-refractivity contribution in [2.45, 2.75) is 52.2 Å². The smallest absolute Gasteiger partial charge is 0.410 e. The molecule has 1 saturated heterocycles. The van der Waals surface area contributed by atoms with Crippen molar-refractivity contribution < 1.29 is 9.53 Å². The Balaban J connectivity index is 1.32. The standard InChI is InChI=1S/C23H31N3O2/c1-22(2,3)26-20-9-10-23(15-19(20)16-24-26)11-13-25(14-12-23)21(27)28-17-18-7-5-4-6-8-18/h4-10,24H,11-17H2,1-3H3. The molecule has 5 nitrogen and oxygen atoms in total. The quantitative estimate of drug-likeness (QED) is 0.832. The highest BCUT2D eigenvalue weighted by molar-refractivity contribution is 5.67. The van der Waals surface area contributed by atoms with Crippen molar-refractivity contribution in [2.24, 2.45) is 5.41 Å². The van der Waals surface area contributed by atoms with E-state index in [4.69, 9.17) is 4.74 Å². The molecule has 28 heavy (non-hydrogen) atoms. The second-order valence-corrected chi connectivity index (χ2v) is 9.23. The van der Waals surface area contributed by atoms with Gasteiger partial charge in [0.15, 0.2) is 0 Å². The molecule has 1 N–H and O–H groups in total. The molecule has 2 heterocycles. The van der Waals surface area contributed by atoms with Crippen LogP contribution in [0.3, 0.4) is 0 Å². The van der Waals surface area contributed by atoms with Gasteiger partial charge in [-0.1, -0.05) is 36.4 Å². The number of ether oxygens (including phenoxy) is 1. The van der Waals surface area contributed by atoms with Crippen LogP contribution in [-0.2, 0) is 11.3 Å². The molecule has 1 aliphatic carbocycles. The summed E-state index contributed by atoms with van der Waals surface area (Å²) in [6, 6.07) is 9.85. The van der Waals surface area contributed by atoms with Gasteiger partial charge in [0.1, 0.15) is 6.61 Å². The predicted molar refractivity (Wildman–Crippen MR) is 110 cm³/mol. The number of allylic oxidation sites excluding steroid dienone is 2. The molecule has 1 amide bonds. The monoisotopic (exact) mass is 381 g/mol. The topological polar surface area (TPSA) is 44.8 Å². The third-order valence-corrected chi connectivity index (χ3v) is 6.11. The Morgan fingerprint density at radius 1 is 1.18 bits per heavy atom. The molecule has 1 aromatic rings. The van der Waals surface area contributed by atoms with Crippen LogP contribution in [0, 0.1) is 5.41 Å². The molecule has 0 unspecified atom stereocenters. The number of hydrazine groups is 1. The number of rotatable bonds is 2. The molecule has 1 aromatic carbocycles. The Bertz CT molecular complexity index is 784. The number of likely N-dealkylation sites (tertiary alicyclic amines) is 1. The number of piperidine rings is 1. The zero-order valence-electron chi connectivity index (χ0n) is 17.2. The zero-order chi connectivity index (χ0) is 19.8. The molecule has 0 saturated carbocycles. The normalized spacial score (nSPS) is 21.2. The lowest BCUT2D eigenvalue weighted by Crippen LogP contribution is -2.46. The first-order valence-corrected chi connectivity index (χ1v) is 10.3. The average molecular weight is 382 g/mol. The van der Waals surface area contributed by atoms with E-state index in [2.05, 4.69) is 43.4 Å². The van der Waals surface area contributed by atoms with Gasteiger partial charge >= 0.3 is 6.09 Å². The molecular weight excluding hydrogens is 350 g/mol. The molecule has 0 bridgehead atoms. The minimum absolute atomic E-state index is 0.0673. The molecule has 1 fully saturated rings. The van der Waals surface area contributed by atoms with E-state index in [1.165, 1.54) is 11.3 Å². The summed E-state index contributed by atoms with van der Waals surface area (Å²) in [6.07, 6.45) is 7.58. The molecule has 5 heteroatoms. The maximum Gasteiger partial charge on any atom is 0.410 e. The molecule has 0 aromatic heterocycles. The van der Waals surface area contributed by atoms with Crippen LogP contribution in [-0.4, -0.2) is 41.2 Å². The first-order chi connectivity index (χ1) is 13.4. The molecule has 2 aliphatic heterocycles. The minimum atomic E-state index is -0.195. The molecule has 4 rings (SSSR count). The predicted octanol–water partition coefficient (Wildman–Crippen LogP) is 4.24. The van der Waals surface area contributed by atoms with Gasteiger partial charge < -0.3 is 14.6 Å². The molecule has 1 spiro atoms.